The molecule has 4 heterocycles. The molecule has 68 heavy (non-hydrogen) atoms. The summed E-state index contributed by atoms with van der Waals surface area (Å²) in [6.07, 6.45) is 0. The van der Waals surface area contributed by atoms with Gasteiger partial charge < -0.3 is 4.57 Å². The van der Waals surface area contributed by atoms with Gasteiger partial charge in [0.2, 0.25) is 0 Å². The fourth-order valence-electron chi connectivity index (χ4n) is 9.65. The van der Waals surface area contributed by atoms with E-state index in [-0.39, 0.29) is 0 Å². The molecule has 0 spiro atoms. The molecule has 13 rings (SSSR count). The lowest BCUT2D eigenvalue weighted by molar-refractivity contribution is 1.07. The van der Waals surface area contributed by atoms with E-state index in [1.54, 1.807) is 0 Å². The van der Waals surface area contributed by atoms with Gasteiger partial charge in [-0.3, -0.25) is 0 Å². The van der Waals surface area contributed by atoms with Crippen molar-refractivity contribution < 1.29 is 0 Å². The molecule has 0 saturated heterocycles. The summed E-state index contributed by atoms with van der Waals surface area (Å²) in [7, 11) is 0. The molecule has 6 heteroatoms. The largest absolute Gasteiger partial charge is 0.309 e. The van der Waals surface area contributed by atoms with E-state index >= 15 is 0 Å². The molecule has 0 aliphatic rings. The second-order valence-electron chi connectivity index (χ2n) is 17.0. The van der Waals surface area contributed by atoms with E-state index in [1.165, 1.54) is 42.4 Å². The average Bonchev–Trinajstić information content (AvgIpc) is 3.99. The second kappa shape index (κ2) is 16.5. The highest BCUT2D eigenvalue weighted by Gasteiger charge is 2.23. The zero-order chi connectivity index (χ0) is 45.0. The summed E-state index contributed by atoms with van der Waals surface area (Å²) in [6, 6.07) is 83.2. The zero-order valence-electron chi connectivity index (χ0n) is 36.7. The van der Waals surface area contributed by atoms with Crippen LogP contribution < -0.4 is 0 Å². The maximum absolute atomic E-state index is 5.48. The van der Waals surface area contributed by atoms with E-state index in [0.717, 1.165) is 66.7 Å². The quantitative estimate of drug-likeness (QED) is 0.153. The van der Waals surface area contributed by atoms with Gasteiger partial charge in [-0.15, -0.1) is 11.3 Å². The lowest BCUT2D eigenvalue weighted by Crippen LogP contribution is -2.01. The molecule has 13 aromatic rings. The van der Waals surface area contributed by atoms with Crippen molar-refractivity contribution in [3.63, 3.8) is 0 Å². The third kappa shape index (κ3) is 6.86. The van der Waals surface area contributed by atoms with Gasteiger partial charge in [0, 0.05) is 59.9 Å². The summed E-state index contributed by atoms with van der Waals surface area (Å²) in [6.45, 7) is 0. The number of hydrogen-bond donors (Lipinski definition) is 0. The fraction of sp³-hybridized carbons (Fsp3) is 0. The molecule has 0 fully saturated rings. The highest BCUT2D eigenvalue weighted by molar-refractivity contribution is 7.23. The van der Waals surface area contributed by atoms with Gasteiger partial charge >= 0.3 is 0 Å². The van der Waals surface area contributed by atoms with Crippen molar-refractivity contribution in [1.29, 1.82) is 0 Å². The smallest absolute Gasteiger partial charge is 0.164 e. The van der Waals surface area contributed by atoms with Crippen molar-refractivity contribution in [2.75, 3.05) is 0 Å². The van der Waals surface area contributed by atoms with Crippen LogP contribution in [0.25, 0.3) is 127 Å². The highest BCUT2D eigenvalue weighted by Crippen LogP contribution is 2.50. The van der Waals surface area contributed by atoms with Crippen molar-refractivity contribution in [1.82, 2.24) is 24.5 Å². The van der Waals surface area contributed by atoms with Crippen molar-refractivity contribution in [3.8, 4) is 83.8 Å². The van der Waals surface area contributed by atoms with Gasteiger partial charge in [0.15, 0.2) is 17.5 Å². The minimum absolute atomic E-state index is 0.609. The molecule has 318 valence electrons. The van der Waals surface area contributed by atoms with Gasteiger partial charge in [0.1, 0.15) is 0 Å². The molecule has 9 aromatic carbocycles. The first-order chi connectivity index (χ1) is 33.7. The van der Waals surface area contributed by atoms with Gasteiger partial charge in [-0.05, 0) is 52.6 Å². The maximum Gasteiger partial charge on any atom is 0.164 e. The number of para-hydroxylation sites is 2. The maximum atomic E-state index is 5.48. The summed E-state index contributed by atoms with van der Waals surface area (Å²) >= 11 is 1.83. The Morgan fingerprint density at radius 2 is 0.809 bits per heavy atom. The second-order valence-corrected chi connectivity index (χ2v) is 18.0. The molecule has 4 aromatic heterocycles. The van der Waals surface area contributed by atoms with E-state index < -0.39 is 0 Å². The number of rotatable bonds is 8. The van der Waals surface area contributed by atoms with Crippen LogP contribution in [0.3, 0.4) is 0 Å². The Balaban J connectivity index is 0.925. The Bertz CT molecular complexity index is 3940. The molecule has 0 aliphatic carbocycles. The van der Waals surface area contributed by atoms with Gasteiger partial charge in [-0.2, -0.15) is 0 Å². The Kier molecular flexibility index (Phi) is 9.62. The summed E-state index contributed by atoms with van der Waals surface area (Å²) in [5, 5.41) is 4.80. The number of benzene rings is 9. The molecule has 0 aliphatic heterocycles. The molecule has 5 nitrogen and oxygen atoms in total. The molecule has 0 unspecified atom stereocenters. The van der Waals surface area contributed by atoms with E-state index in [2.05, 4.69) is 211 Å². The van der Waals surface area contributed by atoms with Crippen molar-refractivity contribution >= 4 is 54.1 Å². The monoisotopic (exact) mass is 885 g/mol. The van der Waals surface area contributed by atoms with Crippen LogP contribution in [0.5, 0.6) is 0 Å². The molecule has 0 radical (unpaired) electrons. The fourth-order valence-corrected chi connectivity index (χ4v) is 11.0. The minimum atomic E-state index is 0.609. The van der Waals surface area contributed by atoms with Crippen LogP contribution in [0.15, 0.2) is 237 Å². The molecule has 0 N–H and O–H groups in total. The summed E-state index contributed by atoms with van der Waals surface area (Å²) < 4.78 is 3.51. The van der Waals surface area contributed by atoms with E-state index in [0.29, 0.717) is 17.5 Å². The van der Waals surface area contributed by atoms with Crippen LogP contribution >= 0.6 is 11.3 Å². The van der Waals surface area contributed by atoms with Gasteiger partial charge in [0.25, 0.3) is 0 Å². The van der Waals surface area contributed by atoms with Crippen LogP contribution in [-0.2, 0) is 0 Å². The van der Waals surface area contributed by atoms with E-state index in [1.807, 2.05) is 41.7 Å². The molecule has 0 bridgehead atoms. The van der Waals surface area contributed by atoms with Crippen molar-refractivity contribution in [2.45, 2.75) is 0 Å². The Morgan fingerprint density at radius 3 is 1.44 bits per heavy atom. The normalized spacial score (nSPS) is 11.5. The summed E-state index contributed by atoms with van der Waals surface area (Å²) in [5.41, 5.74) is 14.9. The number of aromatic nitrogens is 5. The lowest BCUT2D eigenvalue weighted by Gasteiger charge is -2.12. The number of nitrogens with zero attached hydrogens (tertiary/aromatic N) is 5. The number of thiophene rings is 1. The number of pyridine rings is 1. The topological polar surface area (TPSA) is 56.5 Å². The van der Waals surface area contributed by atoms with Gasteiger partial charge in [-0.25, -0.2) is 19.9 Å². The Morgan fingerprint density at radius 1 is 0.324 bits per heavy atom. The van der Waals surface area contributed by atoms with E-state index in [4.69, 9.17) is 19.9 Å². The molecule has 0 saturated carbocycles. The van der Waals surface area contributed by atoms with Gasteiger partial charge in [0.05, 0.1) is 26.9 Å². The number of fused-ring (bicyclic) bond motifs is 6. The lowest BCUT2D eigenvalue weighted by atomic mass is 9.94. The predicted octanol–water partition coefficient (Wildman–Crippen LogP) is 16.4. The SMILES string of the molecule is c1ccc(-c2nc(-c3ccc(-c4ccc5c(c4)nc(-c4ccccc4)c4sc(-c6ccccc6)c(-c6ccccc6)c45)cc3)nc(-c3cccc(-n4c5ccccc5c5ccccc54)c3)n2)cc1. The summed E-state index contributed by atoms with van der Waals surface area (Å²) in [5.74, 6) is 1.84. The first-order valence-corrected chi connectivity index (χ1v) is 23.6. The third-order valence-electron chi connectivity index (χ3n) is 12.9. The highest BCUT2D eigenvalue weighted by atomic mass is 32.1. The number of hydrogen-bond acceptors (Lipinski definition) is 5. The molecular formula is C62H39N5S. The van der Waals surface area contributed by atoms with Crippen molar-refractivity contribution in [2.24, 2.45) is 0 Å². The molecule has 0 atom stereocenters. The summed E-state index contributed by atoms with van der Waals surface area (Å²) in [4.78, 5) is 22.1. The van der Waals surface area contributed by atoms with Crippen LogP contribution in [0.2, 0.25) is 0 Å². The minimum Gasteiger partial charge on any atom is -0.309 e. The Hall–Kier alpha value is -8.84. The first-order valence-electron chi connectivity index (χ1n) is 22.8. The predicted molar refractivity (Wildman–Crippen MR) is 283 cm³/mol. The van der Waals surface area contributed by atoms with Crippen LogP contribution in [0, 0.1) is 0 Å². The first kappa shape index (κ1) is 39.5. The van der Waals surface area contributed by atoms with Crippen LogP contribution in [-0.4, -0.2) is 24.5 Å². The zero-order valence-corrected chi connectivity index (χ0v) is 37.5. The third-order valence-corrected chi connectivity index (χ3v) is 14.1. The standard InChI is InChI=1S/C62H39N5S/c1-5-18-41(19-6-1)55-56-51-37-36-46(39-52(51)63-57(42-20-7-2-8-21-42)59(56)68-58(55)43-22-9-3-10-23-43)40-32-34-45(35-33-40)61-64-60(44-24-11-4-12-25-44)65-62(66-61)47-26-17-27-48(38-47)67-53-30-15-13-28-49(53)50-29-14-16-31-54(50)67/h1-39H. The van der Waals surface area contributed by atoms with E-state index in [9.17, 15) is 0 Å². The van der Waals surface area contributed by atoms with Crippen LogP contribution in [0.4, 0.5) is 0 Å². The van der Waals surface area contributed by atoms with Crippen LogP contribution in [0.1, 0.15) is 0 Å². The average molecular weight is 886 g/mol. The molecular weight excluding hydrogens is 847 g/mol. The molecule has 0 amide bonds. The van der Waals surface area contributed by atoms with Crippen molar-refractivity contribution in [3.05, 3.63) is 237 Å². The van der Waals surface area contributed by atoms with Gasteiger partial charge in [-0.1, -0.05) is 206 Å². The Labute approximate surface area is 397 Å².